The first-order valence-corrected chi connectivity index (χ1v) is 49.2. The van der Waals surface area contributed by atoms with Crippen LogP contribution >= 0.6 is 0 Å². The minimum atomic E-state index is -0.647. The van der Waals surface area contributed by atoms with Gasteiger partial charge in [-0.25, -0.2) is 48.9 Å². The zero-order valence-corrected chi connectivity index (χ0v) is 84.9. The van der Waals surface area contributed by atoms with Crippen LogP contribution in [0.25, 0.3) is 124 Å². The third-order valence-corrected chi connectivity index (χ3v) is 27.3. The van der Waals surface area contributed by atoms with Crippen molar-refractivity contribution >= 4 is 65.9 Å². The molecule has 5 N–H and O–H groups in total. The maximum Gasteiger partial charge on any atom is 0.349 e. The Hall–Kier alpha value is -16.9. The van der Waals surface area contributed by atoms with Crippen LogP contribution in [0.15, 0.2) is 248 Å². The van der Waals surface area contributed by atoms with Gasteiger partial charge in [0.1, 0.15) is 0 Å². The lowest BCUT2D eigenvalue weighted by Crippen LogP contribution is -2.29. The summed E-state index contributed by atoms with van der Waals surface area (Å²) >= 11 is 0. The Morgan fingerprint density at radius 2 is 0.466 bits per heavy atom. The van der Waals surface area contributed by atoms with Crippen molar-refractivity contribution in [3.05, 3.63) is 410 Å². The van der Waals surface area contributed by atoms with Crippen molar-refractivity contribution in [1.82, 2.24) is 97.6 Å². The highest BCUT2D eigenvalue weighted by Crippen LogP contribution is 2.33. The Morgan fingerprint density at radius 1 is 0.226 bits per heavy atom. The van der Waals surface area contributed by atoms with Crippen molar-refractivity contribution in [2.75, 3.05) is 0 Å². The number of benzene rings is 11. The summed E-state index contributed by atoms with van der Waals surface area (Å²) in [6.45, 7) is 36.4. The van der Waals surface area contributed by atoms with Gasteiger partial charge in [-0.05, 0) is 320 Å². The number of nitrogens with one attached hydrogen (secondary N) is 5. The first kappa shape index (κ1) is 101. The molecule has 0 unspecified atom stereocenters. The zero-order chi connectivity index (χ0) is 103. The van der Waals surface area contributed by atoms with Gasteiger partial charge in [-0.15, -0.1) is 0 Å². The van der Waals surface area contributed by atoms with Crippen molar-refractivity contribution in [2.24, 2.45) is 0 Å². The highest BCUT2D eigenvalue weighted by atomic mass is 16.2. The quantitative estimate of drug-likeness (QED) is 0.0442. The summed E-state index contributed by atoms with van der Waals surface area (Å²) in [4.78, 5) is 175. The van der Waals surface area contributed by atoms with E-state index < -0.39 is 56.2 Å². The third-order valence-electron chi connectivity index (χ3n) is 27.3. The molecule has 21 rings (SSSR count). The largest absolute Gasteiger partial charge is 0.349 e. The average Bonchev–Trinajstić information content (AvgIpc) is 0.770. The number of aromatic nitrogens is 20. The predicted molar refractivity (Wildman–Crippen MR) is 577 cm³/mol. The normalized spacial score (nSPS) is 11.6. The van der Waals surface area contributed by atoms with Gasteiger partial charge in [0.25, 0.3) is 27.8 Å². The monoisotopic (exact) mass is 1950 g/mol. The lowest BCUT2D eigenvalue weighted by atomic mass is 9.86. The molecule has 30 nitrogen and oxygen atoms in total. The topological polar surface area (TPSA) is 403 Å². The fraction of sp³-hybridized carbons (Fsp3) is 0.276. The molecule has 740 valence electrons. The Balaban J connectivity index is 0.000000125. The van der Waals surface area contributed by atoms with Crippen LogP contribution in [0.2, 0.25) is 0 Å². The van der Waals surface area contributed by atoms with E-state index >= 15 is 0 Å². The van der Waals surface area contributed by atoms with E-state index in [1.165, 1.54) is 60.8 Å². The van der Waals surface area contributed by atoms with Crippen molar-refractivity contribution < 1.29 is 0 Å². The molecule has 0 saturated heterocycles. The summed E-state index contributed by atoms with van der Waals surface area (Å²) in [6, 6.07) is 69.2. The van der Waals surface area contributed by atoms with Crippen LogP contribution in [0, 0.1) is 90.0 Å². The van der Waals surface area contributed by atoms with Gasteiger partial charge in [0, 0.05) is 32.7 Å². The number of rotatable bonds is 20. The van der Waals surface area contributed by atoms with Crippen LogP contribution in [0.3, 0.4) is 0 Å². The molecule has 0 spiro atoms. The minimum Gasteiger partial charge on any atom is -0.322 e. The lowest BCUT2D eigenvalue weighted by Gasteiger charge is -2.19. The van der Waals surface area contributed by atoms with Gasteiger partial charge in [-0.2, -0.15) is 24.9 Å². The number of aryl methyl sites for hydroxylation is 23. The summed E-state index contributed by atoms with van der Waals surface area (Å²) in [7, 11) is 0. The molecular weight excluding hydrogens is 1830 g/mol. The van der Waals surface area contributed by atoms with Gasteiger partial charge in [0.05, 0.1) is 55.2 Å². The summed E-state index contributed by atoms with van der Waals surface area (Å²) < 4.78 is 9.78. The fourth-order valence-electron chi connectivity index (χ4n) is 18.5. The maximum absolute atomic E-state index is 12.4. The second kappa shape index (κ2) is 42.7. The predicted octanol–water partition coefficient (Wildman–Crippen LogP) is 17.5. The fourth-order valence-corrected chi connectivity index (χ4v) is 18.5. The molecule has 11 aromatic carbocycles. The number of aromatic amines is 5. The summed E-state index contributed by atoms with van der Waals surface area (Å²) in [6.07, 6.45) is 8.73. The molecule has 30 heteroatoms. The van der Waals surface area contributed by atoms with Gasteiger partial charge >= 0.3 is 28.4 Å². The lowest BCUT2D eigenvalue weighted by molar-refractivity contribution is 0.589. The van der Waals surface area contributed by atoms with E-state index in [9.17, 15) is 47.9 Å². The molecule has 0 bridgehead atoms. The standard InChI is InChI=1S/C25H22N4O2.C25H28N4O2.3C22H22N4O2/c1-15-12-20-21(13-16(15)2)29(23-22(26-20)24(30)28-25(31)27-23)11-5-6-17-9-10-18-7-3-4-8-19(18)14-17;1-15-13-19-20(14-16(15)2)29(22-21(26-19)23(30)28-24(31)27-22)12-6-7-17-8-10-18(11-9-17)25(3,4)5;1-13-6-4-7-16(10-13)8-5-9-26-18-12-15(3)14(2)11-17(18)23-19-20(26)24-22(28)25-21(19)27;2*1-13-6-8-16(9-7-13)5-4-10-26-18-12-15(3)14(2)11-17(18)23-19-20(26)24-22(28)25-21(19)27/h3-4,7-10,12-14H,5-6,11H2,1-2H3,(H,28,30,31);8-11,13-14H,6-7,12H2,1-5H3,(H,28,30,31);4,6-7,10-12H,5,8-9H2,1-3H3,(H,25,27,28);2*6-9,11-12H,4-5,10H2,1-3H3,(H,25,27,28). The molecule has 10 aliphatic rings. The van der Waals surface area contributed by atoms with E-state index in [4.69, 9.17) is 0 Å². The van der Waals surface area contributed by atoms with Gasteiger partial charge in [-0.1, -0.05) is 177 Å². The molecular formula is C116H116N20O10. The molecule has 10 heterocycles. The minimum absolute atomic E-state index is 0.133. The zero-order valence-electron chi connectivity index (χ0n) is 84.9. The van der Waals surface area contributed by atoms with E-state index in [1.807, 2.05) is 135 Å². The number of hydrogen-bond acceptors (Lipinski definition) is 20. The molecule has 146 heavy (non-hydrogen) atoms. The first-order valence-electron chi connectivity index (χ1n) is 49.2. The van der Waals surface area contributed by atoms with Crippen LogP contribution < -0.4 is 56.2 Å². The number of nitrogens with zero attached hydrogens (tertiary/aromatic N) is 15. The van der Waals surface area contributed by atoms with Crippen LogP contribution in [0.4, 0.5) is 0 Å². The number of H-pyrrole nitrogens is 5. The molecule has 0 aromatic heterocycles. The average molecular weight is 1950 g/mol. The SMILES string of the molecule is Cc1cc2nc3c(=O)[nH]c(=O)nc-3n(CCCc3ccc(C(C)(C)C)cc3)c2cc1C.Cc1cc2nc3c(=O)[nH]c(=O)nc-3n(CCCc3ccc4ccccc4c3)c2cc1C.Cc1ccc(CCCn2c3nc(=O)[nH]c(=O)c-3nc3cc(C)c(C)cc32)cc1.Cc1ccc(CCCn2c3nc(=O)[nH]c(=O)c-3nc3cc(C)c(C)cc32)cc1.Cc1cccc(CCCn2c3nc(=O)[nH]c(=O)c-3nc3cc(C)c(C)cc32)c1. The molecule has 0 amide bonds. The second-order valence-corrected chi connectivity index (χ2v) is 39.3. The van der Waals surface area contributed by atoms with Crippen molar-refractivity contribution in [3.63, 3.8) is 0 Å². The maximum atomic E-state index is 12.4. The molecule has 0 atom stereocenters. The van der Waals surface area contributed by atoms with E-state index in [-0.39, 0.29) is 33.9 Å². The Bertz CT molecular complexity index is 8870. The number of hydrogen-bond donors (Lipinski definition) is 5. The van der Waals surface area contributed by atoms with Crippen LogP contribution in [0.5, 0.6) is 0 Å². The van der Waals surface area contributed by atoms with Crippen molar-refractivity contribution in [3.8, 4) is 57.6 Å². The van der Waals surface area contributed by atoms with E-state index in [0.717, 1.165) is 175 Å². The summed E-state index contributed by atoms with van der Waals surface area (Å²) in [5, 5.41) is 2.45. The van der Waals surface area contributed by atoms with Gasteiger partial charge in [0.15, 0.2) is 57.6 Å². The second-order valence-electron chi connectivity index (χ2n) is 39.3. The van der Waals surface area contributed by atoms with Crippen molar-refractivity contribution in [1.29, 1.82) is 0 Å². The number of fused-ring (bicyclic) bond motifs is 11. The molecule has 11 aromatic rings. The van der Waals surface area contributed by atoms with Crippen LogP contribution in [0.1, 0.15) is 159 Å². The highest BCUT2D eigenvalue weighted by Gasteiger charge is 2.27. The highest BCUT2D eigenvalue weighted by molar-refractivity contribution is 5.86. The van der Waals surface area contributed by atoms with Crippen LogP contribution in [-0.2, 0) is 70.2 Å². The molecule has 0 fully saturated rings. The van der Waals surface area contributed by atoms with Gasteiger partial charge in [-0.3, -0.25) is 48.9 Å². The van der Waals surface area contributed by atoms with Crippen LogP contribution in [-0.4, -0.2) is 97.6 Å². The summed E-state index contributed by atoms with van der Waals surface area (Å²) in [5.41, 5.74) is 26.0. The Labute approximate surface area is 839 Å². The Kier molecular flexibility index (Phi) is 29.4. The molecule has 0 saturated carbocycles. The van der Waals surface area contributed by atoms with E-state index in [0.29, 0.717) is 61.8 Å². The summed E-state index contributed by atoms with van der Waals surface area (Å²) in [5.74, 6) is 1.70. The molecule has 0 aliphatic carbocycles. The third kappa shape index (κ3) is 22.6. The van der Waals surface area contributed by atoms with E-state index in [2.05, 4.69) is 274 Å². The van der Waals surface area contributed by atoms with Gasteiger partial charge in [0.2, 0.25) is 0 Å². The molecule has 10 aliphatic heterocycles. The molecule has 0 radical (unpaired) electrons. The first-order chi connectivity index (χ1) is 69.9. The smallest absolute Gasteiger partial charge is 0.322 e. The van der Waals surface area contributed by atoms with E-state index in [1.54, 1.807) is 0 Å². The Morgan fingerprint density at radius 3 is 0.733 bits per heavy atom. The van der Waals surface area contributed by atoms with Crippen molar-refractivity contribution in [2.45, 2.75) is 213 Å². The van der Waals surface area contributed by atoms with Gasteiger partial charge < -0.3 is 22.8 Å².